The van der Waals surface area contributed by atoms with Gasteiger partial charge in [0.1, 0.15) is 0 Å². The van der Waals surface area contributed by atoms with Gasteiger partial charge in [0.15, 0.2) is 0 Å². The van der Waals surface area contributed by atoms with Gasteiger partial charge < -0.3 is 15.2 Å². The average Bonchev–Trinajstić information content (AvgIpc) is 2.84. The van der Waals surface area contributed by atoms with Gasteiger partial charge in [0, 0.05) is 26.3 Å². The van der Waals surface area contributed by atoms with Crippen molar-refractivity contribution in [3.63, 3.8) is 0 Å². The Balaban J connectivity index is 2.21. The molecular weight excluding hydrogens is 240 g/mol. The average molecular weight is 256 g/mol. The van der Waals surface area contributed by atoms with E-state index in [1.165, 1.54) is 13.3 Å². The number of hydrogen-bond acceptors (Lipinski definition) is 5. The molecule has 0 bridgehead atoms. The predicted octanol–water partition coefficient (Wildman–Crippen LogP) is -0.726. The third kappa shape index (κ3) is 5.39. The molecular formula is C10H16N4O4. The molecule has 100 valence electrons. The summed E-state index contributed by atoms with van der Waals surface area (Å²) in [5, 5.41) is 18.5. The number of carboxylic acid groups (broad SMARTS) is 1. The van der Waals surface area contributed by atoms with Crippen molar-refractivity contribution < 1.29 is 19.4 Å². The fourth-order valence-electron chi connectivity index (χ4n) is 1.32. The number of hydrogen-bond donors (Lipinski definition) is 2. The van der Waals surface area contributed by atoms with Crippen LogP contribution < -0.4 is 5.32 Å². The Morgan fingerprint density at radius 3 is 2.89 bits per heavy atom. The Kier molecular flexibility index (Phi) is 5.78. The summed E-state index contributed by atoms with van der Waals surface area (Å²) in [7, 11) is 1.41. The molecule has 0 aliphatic rings. The number of carbonyl (C=O) groups excluding carboxylic acids is 1. The zero-order valence-electron chi connectivity index (χ0n) is 10.1. The summed E-state index contributed by atoms with van der Waals surface area (Å²) < 4.78 is 6.49. The minimum atomic E-state index is -0.960. The van der Waals surface area contributed by atoms with Crippen LogP contribution in [-0.2, 0) is 20.9 Å². The van der Waals surface area contributed by atoms with Crippen LogP contribution in [0.25, 0.3) is 0 Å². The van der Waals surface area contributed by atoms with Crippen LogP contribution in [-0.4, -0.2) is 51.7 Å². The van der Waals surface area contributed by atoms with Crippen LogP contribution in [0, 0.1) is 0 Å². The molecule has 0 saturated heterocycles. The second-order valence-corrected chi connectivity index (χ2v) is 3.68. The highest BCUT2D eigenvalue weighted by atomic mass is 16.5. The zero-order valence-corrected chi connectivity index (χ0v) is 10.1. The topological polar surface area (TPSA) is 106 Å². The molecule has 0 saturated carbocycles. The molecule has 1 aromatic heterocycles. The Morgan fingerprint density at radius 2 is 2.33 bits per heavy atom. The highest BCUT2D eigenvalue weighted by Crippen LogP contribution is 1.96. The molecule has 1 atom stereocenters. The summed E-state index contributed by atoms with van der Waals surface area (Å²) in [4.78, 5) is 22.0. The Morgan fingerprint density at radius 1 is 1.56 bits per heavy atom. The van der Waals surface area contributed by atoms with Gasteiger partial charge in [-0.15, -0.1) is 5.10 Å². The molecule has 8 nitrogen and oxygen atoms in total. The van der Waals surface area contributed by atoms with Gasteiger partial charge >= 0.3 is 5.97 Å². The molecule has 0 radical (unpaired) electrons. The SMILES string of the molecule is COC(CNC(=O)CCn1ccnn1)CC(=O)O. The fraction of sp³-hybridized carbons (Fsp3) is 0.600. The molecule has 0 aliphatic carbocycles. The third-order valence-corrected chi connectivity index (χ3v) is 2.30. The summed E-state index contributed by atoms with van der Waals surface area (Å²) in [6, 6.07) is 0. The first-order valence-corrected chi connectivity index (χ1v) is 5.47. The summed E-state index contributed by atoms with van der Waals surface area (Å²) in [6.07, 6.45) is 2.80. The van der Waals surface area contributed by atoms with Gasteiger partial charge in [-0.3, -0.25) is 14.3 Å². The Labute approximate surface area is 104 Å². The van der Waals surface area contributed by atoms with Gasteiger partial charge in [0.2, 0.25) is 5.91 Å². The molecule has 0 fully saturated rings. The van der Waals surface area contributed by atoms with Gasteiger partial charge in [-0.05, 0) is 0 Å². The summed E-state index contributed by atoms with van der Waals surface area (Å²) in [6.45, 7) is 0.613. The first-order valence-electron chi connectivity index (χ1n) is 5.47. The highest BCUT2D eigenvalue weighted by molar-refractivity contribution is 5.76. The van der Waals surface area contributed by atoms with Crippen LogP contribution in [0.5, 0.6) is 0 Å². The Bertz CT molecular complexity index is 379. The number of carboxylic acids is 1. The number of carbonyl (C=O) groups is 2. The molecule has 0 aliphatic heterocycles. The molecule has 1 rings (SSSR count). The molecule has 1 amide bonds. The van der Waals surface area contributed by atoms with Crippen LogP contribution in [0.4, 0.5) is 0 Å². The van der Waals surface area contributed by atoms with Crippen LogP contribution in [0.3, 0.4) is 0 Å². The smallest absolute Gasteiger partial charge is 0.306 e. The van der Waals surface area contributed by atoms with E-state index in [0.29, 0.717) is 6.54 Å². The van der Waals surface area contributed by atoms with Gasteiger partial charge in [-0.2, -0.15) is 0 Å². The lowest BCUT2D eigenvalue weighted by molar-refractivity contribution is -0.140. The van der Waals surface area contributed by atoms with Crippen LogP contribution in [0.1, 0.15) is 12.8 Å². The van der Waals surface area contributed by atoms with E-state index in [2.05, 4.69) is 15.6 Å². The van der Waals surface area contributed by atoms with Gasteiger partial charge in [0.25, 0.3) is 0 Å². The standard InChI is InChI=1S/C10H16N4O4/c1-18-8(6-10(16)17)7-11-9(15)2-4-14-5-3-12-13-14/h3,5,8H,2,4,6-7H2,1H3,(H,11,15)(H,16,17). The molecule has 0 aromatic carbocycles. The van der Waals surface area contributed by atoms with E-state index in [1.807, 2.05) is 0 Å². The number of aliphatic carboxylic acids is 1. The number of aryl methyl sites for hydroxylation is 1. The first kappa shape index (κ1) is 14.1. The lowest BCUT2D eigenvalue weighted by atomic mass is 10.2. The minimum Gasteiger partial charge on any atom is -0.481 e. The molecule has 1 heterocycles. The zero-order chi connectivity index (χ0) is 13.4. The number of methoxy groups -OCH3 is 1. The van der Waals surface area contributed by atoms with Crippen molar-refractivity contribution in [1.82, 2.24) is 20.3 Å². The molecule has 8 heteroatoms. The number of aromatic nitrogens is 3. The van der Waals surface area contributed by atoms with Crippen molar-refractivity contribution >= 4 is 11.9 Å². The second kappa shape index (κ2) is 7.38. The quantitative estimate of drug-likeness (QED) is 0.635. The number of amides is 1. The number of nitrogens with one attached hydrogen (secondary N) is 1. The summed E-state index contributed by atoms with van der Waals surface area (Å²) >= 11 is 0. The molecule has 2 N–H and O–H groups in total. The second-order valence-electron chi connectivity index (χ2n) is 3.68. The van der Waals surface area contributed by atoms with Gasteiger partial charge in [-0.1, -0.05) is 5.21 Å². The third-order valence-electron chi connectivity index (χ3n) is 2.30. The molecule has 18 heavy (non-hydrogen) atoms. The van der Waals surface area contributed by atoms with Crippen molar-refractivity contribution in [3.8, 4) is 0 Å². The van der Waals surface area contributed by atoms with E-state index >= 15 is 0 Å². The molecule has 0 spiro atoms. The van der Waals surface area contributed by atoms with Crippen molar-refractivity contribution in [2.45, 2.75) is 25.5 Å². The Hall–Kier alpha value is -1.96. The van der Waals surface area contributed by atoms with Crippen molar-refractivity contribution in [3.05, 3.63) is 12.4 Å². The normalized spacial score (nSPS) is 12.1. The van der Waals surface area contributed by atoms with E-state index in [4.69, 9.17) is 9.84 Å². The van der Waals surface area contributed by atoms with E-state index in [-0.39, 0.29) is 25.3 Å². The summed E-state index contributed by atoms with van der Waals surface area (Å²) in [5.41, 5.74) is 0. The van der Waals surface area contributed by atoms with Crippen LogP contribution in [0.15, 0.2) is 12.4 Å². The van der Waals surface area contributed by atoms with E-state index < -0.39 is 12.1 Å². The van der Waals surface area contributed by atoms with Crippen molar-refractivity contribution in [2.24, 2.45) is 0 Å². The maximum Gasteiger partial charge on any atom is 0.306 e. The predicted molar refractivity (Wildman–Crippen MR) is 60.7 cm³/mol. The monoisotopic (exact) mass is 256 g/mol. The number of ether oxygens (including phenoxy) is 1. The van der Waals surface area contributed by atoms with E-state index in [9.17, 15) is 9.59 Å². The molecule has 1 aromatic rings. The fourth-order valence-corrected chi connectivity index (χ4v) is 1.32. The molecule has 1 unspecified atom stereocenters. The van der Waals surface area contributed by atoms with Crippen molar-refractivity contribution in [1.29, 1.82) is 0 Å². The number of rotatable bonds is 8. The van der Waals surface area contributed by atoms with E-state index in [0.717, 1.165) is 0 Å². The van der Waals surface area contributed by atoms with Gasteiger partial charge in [-0.25, -0.2) is 0 Å². The lowest BCUT2D eigenvalue weighted by Crippen LogP contribution is -2.34. The minimum absolute atomic E-state index is 0.139. The lowest BCUT2D eigenvalue weighted by Gasteiger charge is -2.13. The highest BCUT2D eigenvalue weighted by Gasteiger charge is 2.13. The van der Waals surface area contributed by atoms with Crippen LogP contribution >= 0.6 is 0 Å². The van der Waals surface area contributed by atoms with Gasteiger partial charge in [0.05, 0.1) is 25.3 Å². The van der Waals surface area contributed by atoms with Crippen LogP contribution in [0.2, 0.25) is 0 Å². The largest absolute Gasteiger partial charge is 0.481 e. The summed E-state index contributed by atoms with van der Waals surface area (Å²) in [5.74, 6) is -1.14. The maximum absolute atomic E-state index is 11.5. The number of nitrogens with zero attached hydrogens (tertiary/aromatic N) is 3. The van der Waals surface area contributed by atoms with Crippen molar-refractivity contribution in [2.75, 3.05) is 13.7 Å². The first-order chi connectivity index (χ1) is 8.61. The van der Waals surface area contributed by atoms with E-state index in [1.54, 1.807) is 10.9 Å². The maximum atomic E-state index is 11.5.